The van der Waals surface area contributed by atoms with E-state index in [9.17, 15) is 4.79 Å². The summed E-state index contributed by atoms with van der Waals surface area (Å²) in [5.41, 5.74) is 0. The van der Waals surface area contributed by atoms with Gasteiger partial charge in [0.1, 0.15) is 0 Å². The lowest BCUT2D eigenvalue weighted by Crippen LogP contribution is -2.37. The van der Waals surface area contributed by atoms with E-state index < -0.39 is 0 Å². The largest absolute Gasteiger partial charge is 0.469 e. The number of esters is 1. The van der Waals surface area contributed by atoms with E-state index in [1.807, 2.05) is 0 Å². The number of carbonyl (C=O) groups excluding carboxylic acids is 1. The Morgan fingerprint density at radius 3 is 2.42 bits per heavy atom. The van der Waals surface area contributed by atoms with Gasteiger partial charge in [-0.15, -0.1) is 0 Å². The van der Waals surface area contributed by atoms with Gasteiger partial charge in [0, 0.05) is 39.3 Å². The zero-order chi connectivity index (χ0) is 17.9. The first-order valence-corrected chi connectivity index (χ1v) is 9.41. The van der Waals surface area contributed by atoms with Gasteiger partial charge in [-0.25, -0.2) is 0 Å². The van der Waals surface area contributed by atoms with Gasteiger partial charge >= 0.3 is 5.97 Å². The molecule has 6 heteroatoms. The summed E-state index contributed by atoms with van der Waals surface area (Å²) < 4.78 is 10.2. The lowest BCUT2D eigenvalue weighted by atomic mass is 10.1. The highest BCUT2D eigenvalue weighted by atomic mass is 16.5. The first-order valence-electron chi connectivity index (χ1n) is 9.41. The summed E-state index contributed by atoms with van der Waals surface area (Å²) in [6.07, 6.45) is 7.92. The fourth-order valence-electron chi connectivity index (χ4n) is 2.10. The van der Waals surface area contributed by atoms with E-state index in [2.05, 4.69) is 34.2 Å². The highest BCUT2D eigenvalue weighted by Crippen LogP contribution is 2.03. The van der Waals surface area contributed by atoms with E-state index in [0.29, 0.717) is 6.42 Å². The van der Waals surface area contributed by atoms with Crippen LogP contribution >= 0.6 is 0 Å². The number of guanidine groups is 1. The van der Waals surface area contributed by atoms with E-state index in [4.69, 9.17) is 4.74 Å². The third kappa shape index (κ3) is 15.6. The highest BCUT2D eigenvalue weighted by Gasteiger charge is 2.00. The van der Waals surface area contributed by atoms with Crippen molar-refractivity contribution in [2.75, 3.05) is 40.0 Å². The van der Waals surface area contributed by atoms with Crippen molar-refractivity contribution in [2.24, 2.45) is 4.99 Å². The van der Waals surface area contributed by atoms with Crippen molar-refractivity contribution in [1.82, 2.24) is 10.6 Å². The number of carbonyl (C=O) groups is 1. The third-order valence-corrected chi connectivity index (χ3v) is 3.53. The molecule has 0 amide bonds. The summed E-state index contributed by atoms with van der Waals surface area (Å²) in [5.74, 6) is 0.758. The molecule has 0 aliphatic heterocycles. The van der Waals surface area contributed by atoms with Crippen LogP contribution in [-0.4, -0.2) is 51.9 Å². The molecular weight excluding hydrogens is 306 g/mol. The summed E-state index contributed by atoms with van der Waals surface area (Å²) in [5, 5.41) is 6.60. The normalized spacial score (nSPS) is 11.4. The lowest BCUT2D eigenvalue weighted by molar-refractivity contribution is -0.140. The molecule has 0 radical (unpaired) electrons. The van der Waals surface area contributed by atoms with Gasteiger partial charge in [0.05, 0.1) is 7.11 Å². The second-order valence-electron chi connectivity index (χ2n) is 5.75. The fourth-order valence-corrected chi connectivity index (χ4v) is 2.10. The maximum Gasteiger partial charge on any atom is 0.305 e. The number of methoxy groups -OCH3 is 1. The van der Waals surface area contributed by atoms with Gasteiger partial charge < -0.3 is 20.1 Å². The van der Waals surface area contributed by atoms with Gasteiger partial charge in [-0.1, -0.05) is 26.2 Å². The van der Waals surface area contributed by atoms with Crippen LogP contribution in [0.4, 0.5) is 0 Å². The Labute approximate surface area is 147 Å². The molecule has 0 spiro atoms. The standard InChI is InChI=1S/C18H37N3O3/c1-4-6-15-24-16-11-14-21-18(19-5-2)20-13-10-8-7-9-12-17(22)23-3/h4-16H2,1-3H3,(H2,19,20,21). The van der Waals surface area contributed by atoms with Gasteiger partial charge in [0.25, 0.3) is 0 Å². The number of ether oxygens (including phenoxy) is 2. The van der Waals surface area contributed by atoms with Crippen LogP contribution in [0, 0.1) is 0 Å². The summed E-state index contributed by atoms with van der Waals surface area (Å²) in [7, 11) is 1.44. The number of hydrogen-bond acceptors (Lipinski definition) is 4. The Morgan fingerprint density at radius 2 is 1.71 bits per heavy atom. The Bertz CT molecular complexity index is 323. The topological polar surface area (TPSA) is 72.0 Å². The lowest BCUT2D eigenvalue weighted by Gasteiger charge is -2.11. The van der Waals surface area contributed by atoms with Crippen LogP contribution in [0.3, 0.4) is 0 Å². The van der Waals surface area contributed by atoms with E-state index in [-0.39, 0.29) is 5.97 Å². The molecule has 0 aliphatic carbocycles. The van der Waals surface area contributed by atoms with Crippen molar-refractivity contribution in [3.63, 3.8) is 0 Å². The maximum absolute atomic E-state index is 11.0. The van der Waals surface area contributed by atoms with E-state index in [1.165, 1.54) is 13.5 Å². The summed E-state index contributed by atoms with van der Waals surface area (Å²) in [4.78, 5) is 15.5. The molecule has 0 unspecified atom stereocenters. The molecule has 0 rings (SSSR count). The minimum atomic E-state index is -0.117. The van der Waals surface area contributed by atoms with Crippen LogP contribution in [0.1, 0.15) is 65.2 Å². The molecule has 0 aromatic rings. The molecule has 0 saturated heterocycles. The molecule has 24 heavy (non-hydrogen) atoms. The molecule has 0 fully saturated rings. The SMILES string of the molecule is CCCCOCCCN=C(NCC)NCCCCCCC(=O)OC. The van der Waals surface area contributed by atoms with Crippen molar-refractivity contribution < 1.29 is 14.3 Å². The molecule has 0 aromatic carbocycles. The van der Waals surface area contributed by atoms with Gasteiger partial charge in [-0.2, -0.15) is 0 Å². The van der Waals surface area contributed by atoms with Crippen molar-refractivity contribution >= 4 is 11.9 Å². The highest BCUT2D eigenvalue weighted by molar-refractivity contribution is 5.79. The first kappa shape index (κ1) is 22.7. The maximum atomic E-state index is 11.0. The average Bonchev–Trinajstić information content (AvgIpc) is 2.59. The molecular formula is C18H37N3O3. The van der Waals surface area contributed by atoms with Crippen LogP contribution in [0.5, 0.6) is 0 Å². The van der Waals surface area contributed by atoms with E-state index >= 15 is 0 Å². The fraction of sp³-hybridized carbons (Fsp3) is 0.889. The van der Waals surface area contributed by atoms with Gasteiger partial charge in [0.15, 0.2) is 5.96 Å². The molecule has 0 bridgehead atoms. The Balaban J connectivity index is 3.64. The second kappa shape index (κ2) is 18.0. The number of hydrogen-bond donors (Lipinski definition) is 2. The molecule has 2 N–H and O–H groups in total. The zero-order valence-corrected chi connectivity index (χ0v) is 15.9. The Morgan fingerprint density at radius 1 is 0.958 bits per heavy atom. The predicted octanol–water partition coefficient (Wildman–Crippen LogP) is 2.87. The number of unbranched alkanes of at least 4 members (excludes halogenated alkanes) is 4. The average molecular weight is 344 g/mol. The Kier molecular flexibility index (Phi) is 17.1. The molecule has 0 aromatic heterocycles. The summed E-state index contributed by atoms with van der Waals surface area (Å²) in [6, 6.07) is 0. The summed E-state index contributed by atoms with van der Waals surface area (Å²) in [6.45, 7) is 8.41. The quantitative estimate of drug-likeness (QED) is 0.207. The van der Waals surface area contributed by atoms with Crippen molar-refractivity contribution in [1.29, 1.82) is 0 Å². The van der Waals surface area contributed by atoms with Crippen LogP contribution < -0.4 is 10.6 Å². The van der Waals surface area contributed by atoms with E-state index in [0.717, 1.165) is 77.3 Å². The van der Waals surface area contributed by atoms with Gasteiger partial charge in [-0.05, 0) is 32.6 Å². The molecule has 0 atom stereocenters. The van der Waals surface area contributed by atoms with Crippen LogP contribution in [0.2, 0.25) is 0 Å². The van der Waals surface area contributed by atoms with Crippen molar-refractivity contribution in [3.8, 4) is 0 Å². The van der Waals surface area contributed by atoms with Crippen molar-refractivity contribution in [3.05, 3.63) is 0 Å². The number of rotatable bonds is 15. The minimum absolute atomic E-state index is 0.117. The smallest absolute Gasteiger partial charge is 0.305 e. The number of nitrogens with zero attached hydrogens (tertiary/aromatic N) is 1. The first-order chi connectivity index (χ1) is 11.7. The van der Waals surface area contributed by atoms with Crippen molar-refractivity contribution in [2.45, 2.75) is 65.2 Å². The van der Waals surface area contributed by atoms with Gasteiger partial charge in [-0.3, -0.25) is 9.79 Å². The van der Waals surface area contributed by atoms with E-state index in [1.54, 1.807) is 0 Å². The summed E-state index contributed by atoms with van der Waals surface area (Å²) >= 11 is 0. The van der Waals surface area contributed by atoms with Gasteiger partial charge in [0.2, 0.25) is 0 Å². The van der Waals surface area contributed by atoms with Crippen LogP contribution in [0.25, 0.3) is 0 Å². The third-order valence-electron chi connectivity index (χ3n) is 3.53. The van der Waals surface area contributed by atoms with Crippen LogP contribution in [-0.2, 0) is 14.3 Å². The number of nitrogens with one attached hydrogen (secondary N) is 2. The number of aliphatic imine (C=N–C) groups is 1. The minimum Gasteiger partial charge on any atom is -0.469 e. The molecule has 0 aliphatic rings. The molecule has 0 saturated carbocycles. The molecule has 0 heterocycles. The Hall–Kier alpha value is -1.30. The zero-order valence-electron chi connectivity index (χ0n) is 15.9. The monoisotopic (exact) mass is 343 g/mol. The molecule has 142 valence electrons. The predicted molar refractivity (Wildman–Crippen MR) is 99.4 cm³/mol. The second-order valence-corrected chi connectivity index (χ2v) is 5.75. The van der Waals surface area contributed by atoms with Crippen LogP contribution in [0.15, 0.2) is 4.99 Å². The molecule has 6 nitrogen and oxygen atoms in total.